The Hall–Kier alpha value is -2.17. The minimum atomic E-state index is -0.221. The SMILES string of the molecule is CCCCc1nn(CC)c(O)c1C(=O)c1cccnc1. The minimum Gasteiger partial charge on any atom is -0.493 e. The lowest BCUT2D eigenvalue weighted by atomic mass is 10.0. The second-order valence-electron chi connectivity index (χ2n) is 4.64. The standard InChI is InChI=1S/C15H19N3O2/c1-3-5-8-12-13(15(20)18(4-2)17-12)14(19)11-7-6-9-16-10-11/h6-7,9-10,20H,3-5,8H2,1-2H3. The monoisotopic (exact) mass is 273 g/mol. The zero-order valence-electron chi connectivity index (χ0n) is 11.8. The maximum absolute atomic E-state index is 12.5. The summed E-state index contributed by atoms with van der Waals surface area (Å²) in [5, 5.41) is 14.5. The summed E-state index contributed by atoms with van der Waals surface area (Å²) < 4.78 is 1.47. The topological polar surface area (TPSA) is 68.0 Å². The first kappa shape index (κ1) is 14.2. The van der Waals surface area contributed by atoms with E-state index in [1.165, 1.54) is 10.9 Å². The van der Waals surface area contributed by atoms with Gasteiger partial charge in [-0.15, -0.1) is 0 Å². The van der Waals surface area contributed by atoms with Crippen LogP contribution in [0.1, 0.15) is 48.3 Å². The van der Waals surface area contributed by atoms with Gasteiger partial charge in [0.2, 0.25) is 11.7 Å². The van der Waals surface area contributed by atoms with Crippen molar-refractivity contribution in [2.45, 2.75) is 39.7 Å². The summed E-state index contributed by atoms with van der Waals surface area (Å²) >= 11 is 0. The molecule has 0 amide bonds. The number of carbonyl (C=O) groups is 1. The van der Waals surface area contributed by atoms with E-state index in [0.29, 0.717) is 29.8 Å². The summed E-state index contributed by atoms with van der Waals surface area (Å²) in [6, 6.07) is 3.40. The van der Waals surface area contributed by atoms with Crippen LogP contribution in [-0.4, -0.2) is 25.7 Å². The molecule has 0 bridgehead atoms. The summed E-state index contributed by atoms with van der Waals surface area (Å²) in [7, 11) is 0. The Morgan fingerprint density at radius 1 is 1.40 bits per heavy atom. The number of hydrogen-bond acceptors (Lipinski definition) is 4. The Labute approximate surface area is 118 Å². The number of aryl methyl sites for hydroxylation is 2. The number of aromatic nitrogens is 3. The Morgan fingerprint density at radius 3 is 2.80 bits per heavy atom. The van der Waals surface area contributed by atoms with Gasteiger partial charge in [0, 0.05) is 24.5 Å². The molecule has 0 radical (unpaired) electrons. The molecule has 0 aliphatic carbocycles. The van der Waals surface area contributed by atoms with Gasteiger partial charge in [-0.1, -0.05) is 13.3 Å². The molecule has 1 N–H and O–H groups in total. The molecule has 0 unspecified atom stereocenters. The highest BCUT2D eigenvalue weighted by molar-refractivity contribution is 6.11. The molecule has 5 nitrogen and oxygen atoms in total. The predicted molar refractivity (Wildman–Crippen MR) is 75.8 cm³/mol. The molecular weight excluding hydrogens is 254 g/mol. The van der Waals surface area contributed by atoms with Gasteiger partial charge < -0.3 is 5.11 Å². The van der Waals surface area contributed by atoms with E-state index in [-0.39, 0.29) is 11.7 Å². The first-order chi connectivity index (χ1) is 9.69. The Bertz CT molecular complexity index is 591. The molecule has 2 aromatic rings. The van der Waals surface area contributed by atoms with Gasteiger partial charge in [-0.2, -0.15) is 5.10 Å². The van der Waals surface area contributed by atoms with Crippen LogP contribution in [0.4, 0.5) is 0 Å². The van der Waals surface area contributed by atoms with Crippen LogP contribution in [0, 0.1) is 0 Å². The van der Waals surface area contributed by atoms with Gasteiger partial charge in [0.25, 0.3) is 0 Å². The molecule has 0 aromatic carbocycles. The first-order valence-corrected chi connectivity index (χ1v) is 6.92. The van der Waals surface area contributed by atoms with E-state index in [9.17, 15) is 9.90 Å². The third kappa shape index (κ3) is 2.71. The van der Waals surface area contributed by atoms with Crippen LogP contribution in [-0.2, 0) is 13.0 Å². The van der Waals surface area contributed by atoms with Gasteiger partial charge in [-0.3, -0.25) is 9.78 Å². The smallest absolute Gasteiger partial charge is 0.221 e. The molecule has 0 atom stereocenters. The molecule has 0 aliphatic rings. The van der Waals surface area contributed by atoms with Gasteiger partial charge in [0.1, 0.15) is 5.56 Å². The number of aromatic hydroxyl groups is 1. The lowest BCUT2D eigenvalue weighted by molar-refractivity contribution is 0.103. The summed E-state index contributed by atoms with van der Waals surface area (Å²) in [4.78, 5) is 16.5. The van der Waals surface area contributed by atoms with Crippen molar-refractivity contribution in [2.75, 3.05) is 0 Å². The number of nitrogens with zero attached hydrogens (tertiary/aromatic N) is 3. The van der Waals surface area contributed by atoms with Crippen LogP contribution in [0.25, 0.3) is 0 Å². The quantitative estimate of drug-likeness (QED) is 0.821. The fraction of sp³-hybridized carbons (Fsp3) is 0.400. The van der Waals surface area contributed by atoms with Crippen LogP contribution in [0.2, 0.25) is 0 Å². The third-order valence-electron chi connectivity index (χ3n) is 3.22. The second kappa shape index (κ2) is 6.32. The highest BCUT2D eigenvalue weighted by Gasteiger charge is 2.23. The van der Waals surface area contributed by atoms with Crippen molar-refractivity contribution in [3.05, 3.63) is 41.3 Å². The van der Waals surface area contributed by atoms with Crippen LogP contribution in [0.5, 0.6) is 5.88 Å². The fourth-order valence-corrected chi connectivity index (χ4v) is 2.11. The summed E-state index contributed by atoms with van der Waals surface area (Å²) in [5.74, 6) is -0.270. The van der Waals surface area contributed by atoms with E-state index in [0.717, 1.165) is 12.8 Å². The van der Waals surface area contributed by atoms with Crippen molar-refractivity contribution in [1.82, 2.24) is 14.8 Å². The molecule has 0 spiro atoms. The van der Waals surface area contributed by atoms with E-state index in [1.54, 1.807) is 18.3 Å². The van der Waals surface area contributed by atoms with Gasteiger partial charge in [-0.05, 0) is 31.9 Å². The molecule has 2 heterocycles. The van der Waals surface area contributed by atoms with Crippen molar-refractivity contribution >= 4 is 5.78 Å². The number of ketones is 1. The van der Waals surface area contributed by atoms with Crippen LogP contribution in [0.15, 0.2) is 24.5 Å². The Balaban J connectivity index is 2.43. The molecule has 0 saturated heterocycles. The van der Waals surface area contributed by atoms with Gasteiger partial charge in [0.05, 0.1) is 5.69 Å². The van der Waals surface area contributed by atoms with Crippen molar-refractivity contribution in [2.24, 2.45) is 0 Å². The highest BCUT2D eigenvalue weighted by Crippen LogP contribution is 2.25. The minimum absolute atomic E-state index is 0.0487. The van der Waals surface area contributed by atoms with E-state index in [4.69, 9.17) is 0 Å². The number of pyridine rings is 1. The lowest BCUT2D eigenvalue weighted by Crippen LogP contribution is -2.04. The molecule has 0 aliphatic heterocycles. The average Bonchev–Trinajstić information content (AvgIpc) is 2.81. The maximum Gasteiger partial charge on any atom is 0.221 e. The molecular formula is C15H19N3O2. The number of rotatable bonds is 6. The van der Waals surface area contributed by atoms with Crippen LogP contribution >= 0.6 is 0 Å². The third-order valence-corrected chi connectivity index (χ3v) is 3.22. The summed E-state index contributed by atoms with van der Waals surface area (Å²) in [5.41, 5.74) is 1.45. The summed E-state index contributed by atoms with van der Waals surface area (Å²) in [6.45, 7) is 4.50. The van der Waals surface area contributed by atoms with E-state index in [1.807, 2.05) is 6.92 Å². The summed E-state index contributed by atoms with van der Waals surface area (Å²) in [6.07, 6.45) is 5.77. The number of hydrogen-bond donors (Lipinski definition) is 1. The second-order valence-corrected chi connectivity index (χ2v) is 4.64. The number of unbranched alkanes of at least 4 members (excludes halogenated alkanes) is 1. The molecule has 20 heavy (non-hydrogen) atoms. The van der Waals surface area contributed by atoms with Crippen LogP contribution in [0.3, 0.4) is 0 Å². The van der Waals surface area contributed by atoms with Gasteiger partial charge in [-0.25, -0.2) is 4.68 Å². The van der Waals surface area contributed by atoms with E-state index < -0.39 is 0 Å². The van der Waals surface area contributed by atoms with E-state index in [2.05, 4.69) is 17.0 Å². The molecule has 2 aromatic heterocycles. The highest BCUT2D eigenvalue weighted by atomic mass is 16.3. The van der Waals surface area contributed by atoms with Crippen molar-refractivity contribution in [1.29, 1.82) is 0 Å². The first-order valence-electron chi connectivity index (χ1n) is 6.92. The maximum atomic E-state index is 12.5. The number of carbonyl (C=O) groups excluding carboxylic acids is 1. The molecule has 0 fully saturated rings. The molecule has 5 heteroatoms. The lowest BCUT2D eigenvalue weighted by Gasteiger charge is -2.02. The van der Waals surface area contributed by atoms with Crippen molar-refractivity contribution in [3.8, 4) is 5.88 Å². The Morgan fingerprint density at radius 2 is 2.20 bits per heavy atom. The van der Waals surface area contributed by atoms with Crippen molar-refractivity contribution in [3.63, 3.8) is 0 Å². The zero-order valence-corrected chi connectivity index (χ0v) is 11.8. The van der Waals surface area contributed by atoms with Crippen LogP contribution < -0.4 is 0 Å². The van der Waals surface area contributed by atoms with Gasteiger partial charge >= 0.3 is 0 Å². The normalized spacial score (nSPS) is 10.7. The zero-order chi connectivity index (χ0) is 14.5. The van der Waals surface area contributed by atoms with Crippen molar-refractivity contribution < 1.29 is 9.90 Å². The molecule has 0 saturated carbocycles. The largest absolute Gasteiger partial charge is 0.493 e. The predicted octanol–water partition coefficient (Wildman–Crippen LogP) is 2.58. The van der Waals surface area contributed by atoms with E-state index >= 15 is 0 Å². The fourth-order valence-electron chi connectivity index (χ4n) is 2.11. The molecule has 2 rings (SSSR count). The average molecular weight is 273 g/mol. The Kier molecular flexibility index (Phi) is 4.50. The molecule has 106 valence electrons. The van der Waals surface area contributed by atoms with Gasteiger partial charge in [0.15, 0.2) is 0 Å².